The second-order valence-corrected chi connectivity index (χ2v) is 4.73. The van der Waals surface area contributed by atoms with E-state index in [1.807, 2.05) is 0 Å². The Morgan fingerprint density at radius 1 is 1.80 bits per heavy atom. The second-order valence-electron chi connectivity index (χ2n) is 3.68. The molecule has 0 aliphatic carbocycles. The van der Waals surface area contributed by atoms with Crippen LogP contribution in [0, 0.1) is 0 Å². The first-order valence-corrected chi connectivity index (χ1v) is 5.72. The van der Waals surface area contributed by atoms with Gasteiger partial charge in [-0.05, 0) is 6.92 Å². The van der Waals surface area contributed by atoms with Crippen molar-refractivity contribution in [2.75, 3.05) is 30.4 Å². The van der Waals surface area contributed by atoms with Crippen LogP contribution in [0.1, 0.15) is 6.92 Å². The smallest absolute Gasteiger partial charge is 0.187 e. The molecule has 2 unspecified atom stereocenters. The van der Waals surface area contributed by atoms with Crippen LogP contribution in [0.4, 0.5) is 10.1 Å². The molecule has 1 saturated heterocycles. The largest absolute Gasteiger partial charge is 0.394 e. The van der Waals surface area contributed by atoms with E-state index in [1.54, 1.807) is 6.20 Å². The quantitative estimate of drug-likeness (QED) is 0.763. The standard InChI is InChI=1S/C9H15N3O2S/c1-6-5-14-7(4-13)3-12(6)9-11-2-8(10)15-9/h2,6-7,13H,3-5,10H2,1H3. The summed E-state index contributed by atoms with van der Waals surface area (Å²) in [6.45, 7) is 3.41. The van der Waals surface area contributed by atoms with E-state index in [0.29, 0.717) is 18.2 Å². The van der Waals surface area contributed by atoms with Gasteiger partial charge in [0.25, 0.3) is 0 Å². The topological polar surface area (TPSA) is 71.6 Å². The van der Waals surface area contributed by atoms with Crippen LogP contribution in [0.5, 0.6) is 0 Å². The van der Waals surface area contributed by atoms with Gasteiger partial charge >= 0.3 is 0 Å². The minimum absolute atomic E-state index is 0.0457. The van der Waals surface area contributed by atoms with Crippen molar-refractivity contribution in [2.24, 2.45) is 0 Å². The van der Waals surface area contributed by atoms with E-state index < -0.39 is 0 Å². The summed E-state index contributed by atoms with van der Waals surface area (Å²) < 4.78 is 5.45. The lowest BCUT2D eigenvalue weighted by molar-refractivity contribution is -0.0103. The molecule has 84 valence electrons. The number of anilines is 2. The zero-order valence-electron chi connectivity index (χ0n) is 8.59. The molecule has 1 aliphatic rings. The monoisotopic (exact) mass is 229 g/mol. The first-order chi connectivity index (χ1) is 7.20. The van der Waals surface area contributed by atoms with Gasteiger partial charge in [-0.1, -0.05) is 11.3 Å². The minimum atomic E-state index is -0.119. The molecular weight excluding hydrogens is 214 g/mol. The highest BCUT2D eigenvalue weighted by molar-refractivity contribution is 7.19. The number of nitrogens with two attached hydrogens (primary N) is 1. The van der Waals surface area contributed by atoms with E-state index in [9.17, 15) is 0 Å². The Labute approximate surface area is 92.5 Å². The molecule has 0 bridgehead atoms. The summed E-state index contributed by atoms with van der Waals surface area (Å²) in [5.74, 6) is 0. The van der Waals surface area contributed by atoms with E-state index in [1.165, 1.54) is 11.3 Å². The van der Waals surface area contributed by atoms with Crippen LogP contribution in [0.3, 0.4) is 0 Å². The average molecular weight is 229 g/mol. The average Bonchev–Trinajstić information content (AvgIpc) is 2.65. The number of thiazole rings is 1. The molecule has 2 heterocycles. The minimum Gasteiger partial charge on any atom is -0.394 e. The van der Waals surface area contributed by atoms with Gasteiger partial charge in [0.2, 0.25) is 0 Å². The third-order valence-corrected chi connectivity index (χ3v) is 3.33. The molecule has 0 saturated carbocycles. The molecule has 1 aliphatic heterocycles. The number of aliphatic hydroxyl groups excluding tert-OH is 1. The molecule has 2 atom stereocenters. The highest BCUT2D eigenvalue weighted by Gasteiger charge is 2.27. The van der Waals surface area contributed by atoms with Crippen molar-refractivity contribution in [3.63, 3.8) is 0 Å². The van der Waals surface area contributed by atoms with Gasteiger partial charge in [-0.15, -0.1) is 0 Å². The number of rotatable bonds is 2. The summed E-state index contributed by atoms with van der Waals surface area (Å²) in [4.78, 5) is 6.37. The third kappa shape index (κ3) is 2.22. The Morgan fingerprint density at radius 3 is 3.20 bits per heavy atom. The van der Waals surface area contributed by atoms with Crippen molar-refractivity contribution in [1.29, 1.82) is 0 Å². The molecule has 15 heavy (non-hydrogen) atoms. The van der Waals surface area contributed by atoms with E-state index in [0.717, 1.165) is 5.13 Å². The Morgan fingerprint density at radius 2 is 2.60 bits per heavy atom. The van der Waals surface area contributed by atoms with Gasteiger partial charge in [0.1, 0.15) is 5.00 Å². The fourth-order valence-electron chi connectivity index (χ4n) is 1.60. The van der Waals surface area contributed by atoms with Crippen molar-refractivity contribution >= 4 is 21.5 Å². The van der Waals surface area contributed by atoms with E-state index in [4.69, 9.17) is 15.6 Å². The summed E-state index contributed by atoms with van der Waals surface area (Å²) in [7, 11) is 0. The van der Waals surface area contributed by atoms with Crippen LogP contribution < -0.4 is 10.6 Å². The lowest BCUT2D eigenvalue weighted by atomic mass is 10.2. The molecular formula is C9H15N3O2S. The molecule has 1 aromatic rings. The van der Waals surface area contributed by atoms with Crippen molar-refractivity contribution in [1.82, 2.24) is 4.98 Å². The maximum absolute atomic E-state index is 9.05. The Hall–Kier alpha value is -0.850. The van der Waals surface area contributed by atoms with Crippen LogP contribution in [0.15, 0.2) is 6.20 Å². The van der Waals surface area contributed by atoms with E-state index in [-0.39, 0.29) is 18.8 Å². The molecule has 3 N–H and O–H groups in total. The molecule has 0 spiro atoms. The summed E-state index contributed by atoms with van der Waals surface area (Å²) in [6, 6.07) is 0.276. The third-order valence-electron chi connectivity index (χ3n) is 2.47. The molecule has 1 fully saturated rings. The van der Waals surface area contributed by atoms with Crippen molar-refractivity contribution in [2.45, 2.75) is 19.1 Å². The predicted octanol–water partition coefficient (Wildman–Crippen LogP) is 0.311. The van der Waals surface area contributed by atoms with Gasteiger partial charge in [-0.25, -0.2) is 4.98 Å². The number of morpholine rings is 1. The highest BCUT2D eigenvalue weighted by atomic mass is 32.1. The number of aromatic nitrogens is 1. The van der Waals surface area contributed by atoms with Crippen LogP contribution in [0.25, 0.3) is 0 Å². The molecule has 0 aromatic carbocycles. The van der Waals surface area contributed by atoms with Gasteiger partial charge in [0.15, 0.2) is 5.13 Å². The van der Waals surface area contributed by atoms with Gasteiger partial charge < -0.3 is 20.5 Å². The molecule has 5 nitrogen and oxygen atoms in total. The highest BCUT2D eigenvalue weighted by Crippen LogP contribution is 2.27. The summed E-state index contributed by atoms with van der Waals surface area (Å²) in [6.07, 6.45) is 1.54. The second kappa shape index (κ2) is 4.34. The first kappa shape index (κ1) is 10.7. The van der Waals surface area contributed by atoms with Gasteiger partial charge in [0.05, 0.1) is 31.6 Å². The normalized spacial score (nSPS) is 26.9. The van der Waals surface area contributed by atoms with Crippen LogP contribution in [-0.4, -0.2) is 42.0 Å². The zero-order valence-corrected chi connectivity index (χ0v) is 9.41. The number of aliphatic hydroxyl groups is 1. The van der Waals surface area contributed by atoms with Crippen molar-refractivity contribution in [3.8, 4) is 0 Å². The van der Waals surface area contributed by atoms with Gasteiger partial charge in [0, 0.05) is 6.54 Å². The number of nitrogen functional groups attached to an aromatic ring is 1. The molecule has 0 radical (unpaired) electrons. The van der Waals surface area contributed by atoms with Crippen LogP contribution in [-0.2, 0) is 4.74 Å². The van der Waals surface area contributed by atoms with Gasteiger partial charge in [-0.2, -0.15) is 0 Å². The molecule has 0 amide bonds. The fraction of sp³-hybridized carbons (Fsp3) is 0.667. The zero-order chi connectivity index (χ0) is 10.8. The summed E-state index contributed by atoms with van der Waals surface area (Å²) >= 11 is 1.47. The van der Waals surface area contributed by atoms with E-state index >= 15 is 0 Å². The maximum atomic E-state index is 9.05. The maximum Gasteiger partial charge on any atom is 0.187 e. The lowest BCUT2D eigenvalue weighted by Gasteiger charge is -2.37. The molecule has 2 rings (SSSR count). The Kier molecular flexibility index (Phi) is 3.08. The molecule has 1 aromatic heterocycles. The number of hydrogen-bond donors (Lipinski definition) is 2. The van der Waals surface area contributed by atoms with Crippen molar-refractivity contribution in [3.05, 3.63) is 6.20 Å². The predicted molar refractivity (Wildman–Crippen MR) is 60.2 cm³/mol. The Balaban J connectivity index is 2.12. The first-order valence-electron chi connectivity index (χ1n) is 4.91. The fourth-order valence-corrected chi connectivity index (χ4v) is 2.40. The van der Waals surface area contributed by atoms with Crippen LogP contribution >= 0.6 is 11.3 Å². The SMILES string of the molecule is CC1COC(CO)CN1c1ncc(N)s1. The lowest BCUT2D eigenvalue weighted by Crippen LogP contribution is -2.49. The van der Waals surface area contributed by atoms with Crippen molar-refractivity contribution < 1.29 is 9.84 Å². The molecule has 6 heteroatoms. The Bertz CT molecular complexity index is 331. The van der Waals surface area contributed by atoms with E-state index in [2.05, 4.69) is 16.8 Å². The number of nitrogens with zero attached hydrogens (tertiary/aromatic N) is 2. The summed E-state index contributed by atoms with van der Waals surface area (Å²) in [5, 5.41) is 10.7. The summed E-state index contributed by atoms with van der Waals surface area (Å²) in [5.41, 5.74) is 5.65. The number of ether oxygens (including phenoxy) is 1. The number of hydrogen-bond acceptors (Lipinski definition) is 6. The van der Waals surface area contributed by atoms with Gasteiger partial charge in [-0.3, -0.25) is 0 Å². The van der Waals surface area contributed by atoms with Crippen LogP contribution in [0.2, 0.25) is 0 Å².